The highest BCUT2D eigenvalue weighted by Crippen LogP contribution is 2.13. The summed E-state index contributed by atoms with van der Waals surface area (Å²) in [5.74, 6) is -1.77. The molecule has 0 aliphatic carbocycles. The highest BCUT2D eigenvalue weighted by molar-refractivity contribution is 7.93. The first-order valence-electron chi connectivity index (χ1n) is 5.45. The number of carbonyl (C=O) groups is 2. The maximum absolute atomic E-state index is 11.8. The second-order valence-electron chi connectivity index (χ2n) is 3.93. The lowest BCUT2D eigenvalue weighted by molar-refractivity contribution is -0.137. The third-order valence-electron chi connectivity index (χ3n) is 2.43. The van der Waals surface area contributed by atoms with Crippen LogP contribution in [0.1, 0.15) is 33.6 Å². The normalized spacial score (nSPS) is 15.0. The molecule has 0 radical (unpaired) electrons. The fraction of sp³-hybridized carbons (Fsp3) is 0.800. The number of amides is 1. The Morgan fingerprint density at radius 3 is 2.24 bits per heavy atom. The van der Waals surface area contributed by atoms with Crippen molar-refractivity contribution in [3.05, 3.63) is 0 Å². The van der Waals surface area contributed by atoms with Crippen molar-refractivity contribution >= 4 is 21.7 Å². The van der Waals surface area contributed by atoms with Gasteiger partial charge in [-0.3, -0.25) is 9.59 Å². The van der Waals surface area contributed by atoms with Crippen molar-refractivity contribution in [3.8, 4) is 0 Å². The van der Waals surface area contributed by atoms with Crippen LogP contribution in [0, 0.1) is 0 Å². The van der Waals surface area contributed by atoms with Crippen LogP contribution in [-0.4, -0.2) is 42.4 Å². The Bertz CT molecular complexity index is 376. The molecule has 2 N–H and O–H groups in total. The van der Waals surface area contributed by atoms with Crippen molar-refractivity contribution < 1.29 is 23.1 Å². The lowest BCUT2D eigenvalue weighted by Gasteiger charge is -2.17. The number of carboxylic acid groups (broad SMARTS) is 1. The van der Waals surface area contributed by atoms with E-state index in [0.29, 0.717) is 13.0 Å². The van der Waals surface area contributed by atoms with Gasteiger partial charge in [-0.15, -0.1) is 0 Å². The topological polar surface area (TPSA) is 101 Å². The van der Waals surface area contributed by atoms with Gasteiger partial charge in [0.15, 0.2) is 9.84 Å². The van der Waals surface area contributed by atoms with Gasteiger partial charge >= 0.3 is 5.97 Å². The number of carbonyl (C=O) groups excluding carboxylic acids is 1. The lowest BCUT2D eigenvalue weighted by Crippen LogP contribution is -2.42. The van der Waals surface area contributed by atoms with Crippen LogP contribution in [0.2, 0.25) is 0 Å². The molecule has 0 rings (SSSR count). The summed E-state index contributed by atoms with van der Waals surface area (Å²) in [6.45, 7) is 4.84. The van der Waals surface area contributed by atoms with Crippen LogP contribution >= 0.6 is 0 Å². The van der Waals surface area contributed by atoms with Gasteiger partial charge in [0.05, 0.1) is 11.7 Å². The first-order valence-corrected chi connectivity index (χ1v) is 7.06. The zero-order chi connectivity index (χ0) is 13.6. The lowest BCUT2D eigenvalue weighted by atomic mass is 10.3. The Hall–Kier alpha value is -1.11. The summed E-state index contributed by atoms with van der Waals surface area (Å²) >= 11 is 0. The smallest absolute Gasteiger partial charge is 0.304 e. The average molecular weight is 265 g/mol. The molecule has 0 saturated heterocycles. The standard InChI is InChI=1S/C10H19NO5S/c1-4-5-11-10(14)8(3)17(15,16)7(2)6-9(12)13/h7-8H,4-6H2,1-3H3,(H,11,14)(H,12,13). The number of hydrogen-bond donors (Lipinski definition) is 2. The number of nitrogens with one attached hydrogen (secondary N) is 1. The van der Waals surface area contributed by atoms with E-state index < -0.39 is 38.6 Å². The highest BCUT2D eigenvalue weighted by atomic mass is 32.2. The molecule has 0 aromatic carbocycles. The van der Waals surface area contributed by atoms with E-state index in [1.807, 2.05) is 6.92 Å². The quantitative estimate of drug-likeness (QED) is 0.684. The molecule has 0 fully saturated rings. The molecule has 17 heavy (non-hydrogen) atoms. The number of rotatable bonds is 7. The van der Waals surface area contributed by atoms with E-state index in [4.69, 9.17) is 5.11 Å². The molecule has 0 aromatic heterocycles. The van der Waals surface area contributed by atoms with Gasteiger partial charge in [-0.1, -0.05) is 6.92 Å². The minimum absolute atomic E-state index is 0.409. The summed E-state index contributed by atoms with van der Waals surface area (Å²) in [6, 6.07) is 0. The largest absolute Gasteiger partial charge is 0.481 e. The van der Waals surface area contributed by atoms with Gasteiger partial charge in [0.2, 0.25) is 5.91 Å². The zero-order valence-corrected chi connectivity index (χ0v) is 11.1. The molecule has 0 aliphatic rings. The highest BCUT2D eigenvalue weighted by Gasteiger charge is 2.33. The fourth-order valence-electron chi connectivity index (χ4n) is 1.25. The number of carboxylic acids is 1. The molecule has 0 bridgehead atoms. The summed E-state index contributed by atoms with van der Waals surface area (Å²) in [6.07, 6.45) is 0.219. The van der Waals surface area contributed by atoms with Crippen molar-refractivity contribution in [1.29, 1.82) is 0 Å². The first-order chi connectivity index (χ1) is 7.73. The molecular weight excluding hydrogens is 246 g/mol. The van der Waals surface area contributed by atoms with E-state index in [2.05, 4.69) is 5.32 Å². The van der Waals surface area contributed by atoms with Crippen molar-refractivity contribution in [2.75, 3.05) is 6.54 Å². The molecule has 6 nitrogen and oxygen atoms in total. The molecule has 2 atom stereocenters. The predicted molar refractivity (Wildman–Crippen MR) is 63.4 cm³/mol. The number of sulfone groups is 1. The number of aliphatic carboxylic acids is 1. The van der Waals surface area contributed by atoms with Gasteiger partial charge in [-0.05, 0) is 20.3 Å². The van der Waals surface area contributed by atoms with E-state index in [0.717, 1.165) is 0 Å². The van der Waals surface area contributed by atoms with Crippen molar-refractivity contribution in [1.82, 2.24) is 5.32 Å². The molecule has 0 aromatic rings. The molecule has 0 saturated carbocycles. The van der Waals surface area contributed by atoms with Gasteiger partial charge < -0.3 is 10.4 Å². The van der Waals surface area contributed by atoms with Crippen LogP contribution in [0.3, 0.4) is 0 Å². The summed E-state index contributed by atoms with van der Waals surface area (Å²) in [7, 11) is -3.76. The maximum Gasteiger partial charge on any atom is 0.304 e. The minimum Gasteiger partial charge on any atom is -0.481 e. The second-order valence-corrected chi connectivity index (χ2v) is 6.62. The Morgan fingerprint density at radius 2 is 1.82 bits per heavy atom. The number of hydrogen-bond acceptors (Lipinski definition) is 4. The minimum atomic E-state index is -3.76. The second kappa shape index (κ2) is 6.58. The van der Waals surface area contributed by atoms with E-state index in [1.54, 1.807) is 0 Å². The Labute approximate surface area is 101 Å². The third-order valence-corrected chi connectivity index (χ3v) is 4.92. The van der Waals surface area contributed by atoms with Crippen molar-refractivity contribution in [2.24, 2.45) is 0 Å². The van der Waals surface area contributed by atoms with Gasteiger partial charge in [0, 0.05) is 6.54 Å². The van der Waals surface area contributed by atoms with Gasteiger partial charge in [-0.25, -0.2) is 8.42 Å². The van der Waals surface area contributed by atoms with Crippen molar-refractivity contribution in [3.63, 3.8) is 0 Å². The summed E-state index contributed by atoms with van der Waals surface area (Å²) in [4.78, 5) is 22.0. The average Bonchev–Trinajstić information content (AvgIpc) is 2.23. The van der Waals surface area contributed by atoms with E-state index in [-0.39, 0.29) is 0 Å². The Balaban J connectivity index is 4.69. The van der Waals surface area contributed by atoms with E-state index >= 15 is 0 Å². The van der Waals surface area contributed by atoms with Crippen molar-refractivity contribution in [2.45, 2.75) is 44.1 Å². The maximum atomic E-state index is 11.8. The molecule has 0 aliphatic heterocycles. The molecule has 2 unspecified atom stereocenters. The van der Waals surface area contributed by atoms with Crippen LogP contribution in [0.25, 0.3) is 0 Å². The van der Waals surface area contributed by atoms with E-state index in [1.165, 1.54) is 13.8 Å². The monoisotopic (exact) mass is 265 g/mol. The van der Waals surface area contributed by atoms with Crippen LogP contribution in [0.5, 0.6) is 0 Å². The summed E-state index contributed by atoms with van der Waals surface area (Å²) < 4.78 is 23.7. The van der Waals surface area contributed by atoms with Crippen LogP contribution in [0.4, 0.5) is 0 Å². The van der Waals surface area contributed by atoms with Crippen LogP contribution in [-0.2, 0) is 19.4 Å². The molecular formula is C10H19NO5S. The first kappa shape index (κ1) is 15.9. The van der Waals surface area contributed by atoms with Gasteiger partial charge in [0.1, 0.15) is 5.25 Å². The summed E-state index contributed by atoms with van der Waals surface area (Å²) in [5, 5.41) is 8.74. The Kier molecular flexibility index (Phi) is 6.15. The Morgan fingerprint density at radius 1 is 1.29 bits per heavy atom. The van der Waals surface area contributed by atoms with E-state index in [9.17, 15) is 18.0 Å². The SMILES string of the molecule is CCCNC(=O)C(C)S(=O)(=O)C(C)CC(=O)O. The predicted octanol–water partition coefficient (Wildman–Crippen LogP) is 0.179. The fourth-order valence-corrected chi connectivity index (χ4v) is 2.71. The third kappa shape index (κ3) is 4.72. The molecule has 0 heterocycles. The van der Waals surface area contributed by atoms with Gasteiger partial charge in [-0.2, -0.15) is 0 Å². The van der Waals surface area contributed by atoms with Gasteiger partial charge in [0.25, 0.3) is 0 Å². The molecule has 0 spiro atoms. The zero-order valence-electron chi connectivity index (χ0n) is 10.3. The summed E-state index contributed by atoms with van der Waals surface area (Å²) in [5.41, 5.74) is 0. The van der Waals surface area contributed by atoms with Crippen LogP contribution in [0.15, 0.2) is 0 Å². The molecule has 100 valence electrons. The van der Waals surface area contributed by atoms with Crippen LogP contribution < -0.4 is 5.32 Å². The molecule has 7 heteroatoms. The molecule has 1 amide bonds.